The molecular formula is C14H20N2. The molecule has 1 aromatic heterocycles. The fourth-order valence-electron chi connectivity index (χ4n) is 2.27. The zero-order chi connectivity index (χ0) is 11.9. The second-order valence-corrected chi connectivity index (χ2v) is 4.73. The predicted octanol–water partition coefficient (Wildman–Crippen LogP) is 3.16. The van der Waals surface area contributed by atoms with Gasteiger partial charge in [-0.2, -0.15) is 0 Å². The second kappa shape index (κ2) is 3.95. The second-order valence-electron chi connectivity index (χ2n) is 4.73. The Labute approximate surface area is 96.9 Å². The molecular weight excluding hydrogens is 196 g/mol. The number of H-pyrrole nitrogens is 1. The van der Waals surface area contributed by atoms with E-state index in [2.05, 4.69) is 44.8 Å². The van der Waals surface area contributed by atoms with Crippen LogP contribution >= 0.6 is 0 Å². The molecule has 1 atom stereocenters. The van der Waals surface area contributed by atoms with E-state index in [-0.39, 0.29) is 0 Å². The van der Waals surface area contributed by atoms with Crippen LogP contribution in [0.15, 0.2) is 12.1 Å². The van der Waals surface area contributed by atoms with Crippen molar-refractivity contribution in [3.63, 3.8) is 0 Å². The fraction of sp³-hybridized carbons (Fsp3) is 0.429. The highest BCUT2D eigenvalue weighted by atomic mass is 14.7. The SMILES string of the molecule is Cc1ccc2c(C)c(C(C)CN)[nH]c2c1C. The number of nitrogens with two attached hydrogens (primary N) is 1. The maximum absolute atomic E-state index is 5.74. The average Bonchev–Trinajstić information content (AvgIpc) is 2.61. The topological polar surface area (TPSA) is 41.8 Å². The van der Waals surface area contributed by atoms with Gasteiger partial charge in [-0.1, -0.05) is 19.1 Å². The number of rotatable bonds is 2. The van der Waals surface area contributed by atoms with Crippen LogP contribution in [0.25, 0.3) is 10.9 Å². The van der Waals surface area contributed by atoms with Gasteiger partial charge in [0.25, 0.3) is 0 Å². The summed E-state index contributed by atoms with van der Waals surface area (Å²) >= 11 is 0. The summed E-state index contributed by atoms with van der Waals surface area (Å²) in [5.74, 6) is 0.395. The first-order valence-electron chi connectivity index (χ1n) is 5.84. The normalized spacial score (nSPS) is 13.3. The van der Waals surface area contributed by atoms with Gasteiger partial charge >= 0.3 is 0 Å². The smallest absolute Gasteiger partial charge is 0.0491 e. The maximum atomic E-state index is 5.74. The first-order valence-corrected chi connectivity index (χ1v) is 5.84. The van der Waals surface area contributed by atoms with Crippen LogP contribution in [-0.4, -0.2) is 11.5 Å². The number of aromatic nitrogens is 1. The molecule has 2 nitrogen and oxygen atoms in total. The standard InChI is InChI=1S/C14H20N2/c1-8-5-6-12-11(4)13(9(2)7-15)16-14(12)10(8)3/h5-6,9,16H,7,15H2,1-4H3. The van der Waals surface area contributed by atoms with Crippen LogP contribution in [0.1, 0.15) is 35.2 Å². The highest BCUT2D eigenvalue weighted by Crippen LogP contribution is 2.29. The van der Waals surface area contributed by atoms with Gasteiger partial charge < -0.3 is 10.7 Å². The number of aryl methyl sites for hydroxylation is 3. The molecule has 16 heavy (non-hydrogen) atoms. The summed E-state index contributed by atoms with van der Waals surface area (Å²) in [6.45, 7) is 9.35. The lowest BCUT2D eigenvalue weighted by Gasteiger charge is -2.06. The largest absolute Gasteiger partial charge is 0.358 e. The minimum atomic E-state index is 0.395. The summed E-state index contributed by atoms with van der Waals surface area (Å²) in [4.78, 5) is 3.54. The lowest BCUT2D eigenvalue weighted by molar-refractivity contribution is 0.748. The molecule has 3 N–H and O–H groups in total. The maximum Gasteiger partial charge on any atom is 0.0491 e. The van der Waals surface area contributed by atoms with Crippen molar-refractivity contribution in [2.45, 2.75) is 33.6 Å². The highest BCUT2D eigenvalue weighted by Gasteiger charge is 2.14. The van der Waals surface area contributed by atoms with E-state index in [9.17, 15) is 0 Å². The van der Waals surface area contributed by atoms with E-state index in [0.717, 1.165) is 0 Å². The Bertz CT molecular complexity index is 523. The van der Waals surface area contributed by atoms with Crippen molar-refractivity contribution in [2.24, 2.45) is 5.73 Å². The summed E-state index contributed by atoms with van der Waals surface area (Å²) in [5, 5.41) is 1.33. The molecule has 0 aliphatic heterocycles. The summed E-state index contributed by atoms with van der Waals surface area (Å²) < 4.78 is 0. The molecule has 0 amide bonds. The van der Waals surface area contributed by atoms with Crippen molar-refractivity contribution in [2.75, 3.05) is 6.54 Å². The van der Waals surface area contributed by atoms with Crippen molar-refractivity contribution >= 4 is 10.9 Å². The molecule has 2 heteroatoms. The van der Waals surface area contributed by atoms with Crippen LogP contribution in [-0.2, 0) is 0 Å². The Morgan fingerprint density at radius 3 is 2.50 bits per heavy atom. The third-order valence-electron chi connectivity index (χ3n) is 3.65. The Morgan fingerprint density at radius 2 is 1.88 bits per heavy atom. The molecule has 0 spiro atoms. The van der Waals surface area contributed by atoms with Crippen molar-refractivity contribution in [1.29, 1.82) is 0 Å². The van der Waals surface area contributed by atoms with Crippen LogP contribution in [0.2, 0.25) is 0 Å². The fourth-order valence-corrected chi connectivity index (χ4v) is 2.27. The van der Waals surface area contributed by atoms with Crippen molar-refractivity contribution in [1.82, 2.24) is 4.98 Å². The molecule has 0 fully saturated rings. The van der Waals surface area contributed by atoms with E-state index in [1.165, 1.54) is 33.3 Å². The molecule has 2 rings (SSSR count). The van der Waals surface area contributed by atoms with Crippen LogP contribution in [0.4, 0.5) is 0 Å². The molecule has 0 aliphatic carbocycles. The van der Waals surface area contributed by atoms with Crippen LogP contribution in [0.5, 0.6) is 0 Å². The van der Waals surface area contributed by atoms with Crippen LogP contribution in [0, 0.1) is 20.8 Å². The third kappa shape index (κ3) is 1.54. The number of benzene rings is 1. The Morgan fingerprint density at radius 1 is 1.19 bits per heavy atom. The van der Waals surface area contributed by atoms with Gasteiger partial charge in [0.05, 0.1) is 0 Å². The van der Waals surface area contributed by atoms with Crippen molar-refractivity contribution in [3.05, 3.63) is 34.5 Å². The lowest BCUT2D eigenvalue weighted by Crippen LogP contribution is -2.10. The number of hydrogen-bond acceptors (Lipinski definition) is 1. The Hall–Kier alpha value is -1.28. The molecule has 1 aromatic carbocycles. The van der Waals surface area contributed by atoms with Gasteiger partial charge in [-0.3, -0.25) is 0 Å². The van der Waals surface area contributed by atoms with E-state index < -0.39 is 0 Å². The lowest BCUT2D eigenvalue weighted by atomic mass is 10.0. The summed E-state index contributed by atoms with van der Waals surface area (Å²) in [6, 6.07) is 4.39. The van der Waals surface area contributed by atoms with Gasteiger partial charge in [0.15, 0.2) is 0 Å². The Balaban J connectivity index is 2.72. The molecule has 86 valence electrons. The van der Waals surface area contributed by atoms with E-state index in [1.54, 1.807) is 0 Å². The van der Waals surface area contributed by atoms with Crippen molar-refractivity contribution in [3.8, 4) is 0 Å². The molecule has 2 aromatic rings. The molecule has 0 saturated heterocycles. The van der Waals surface area contributed by atoms with Crippen LogP contribution in [0.3, 0.4) is 0 Å². The van der Waals surface area contributed by atoms with Gasteiger partial charge in [-0.15, -0.1) is 0 Å². The molecule has 0 radical (unpaired) electrons. The van der Waals surface area contributed by atoms with Crippen molar-refractivity contribution < 1.29 is 0 Å². The predicted molar refractivity (Wildman–Crippen MR) is 70.0 cm³/mol. The van der Waals surface area contributed by atoms with Gasteiger partial charge in [-0.25, -0.2) is 0 Å². The Kier molecular flexibility index (Phi) is 2.76. The molecule has 0 aliphatic rings. The van der Waals surface area contributed by atoms with E-state index in [0.29, 0.717) is 12.5 Å². The summed E-state index contributed by atoms with van der Waals surface area (Å²) in [7, 11) is 0. The minimum absolute atomic E-state index is 0.395. The quantitative estimate of drug-likeness (QED) is 0.795. The first-order chi connectivity index (χ1) is 7.56. The average molecular weight is 216 g/mol. The number of aromatic amines is 1. The minimum Gasteiger partial charge on any atom is -0.358 e. The number of hydrogen-bond donors (Lipinski definition) is 2. The molecule has 1 heterocycles. The monoisotopic (exact) mass is 216 g/mol. The molecule has 1 unspecified atom stereocenters. The zero-order valence-electron chi connectivity index (χ0n) is 10.5. The van der Waals surface area contributed by atoms with Crippen LogP contribution < -0.4 is 5.73 Å². The number of fused-ring (bicyclic) bond motifs is 1. The van der Waals surface area contributed by atoms with E-state index >= 15 is 0 Å². The highest BCUT2D eigenvalue weighted by molar-refractivity contribution is 5.88. The summed E-state index contributed by atoms with van der Waals surface area (Å²) in [5.41, 5.74) is 12.3. The van der Waals surface area contributed by atoms with Gasteiger partial charge in [0.2, 0.25) is 0 Å². The molecule has 0 saturated carbocycles. The molecule has 0 bridgehead atoms. The van der Waals surface area contributed by atoms with Gasteiger partial charge in [-0.05, 0) is 37.5 Å². The van der Waals surface area contributed by atoms with Gasteiger partial charge in [0, 0.05) is 29.1 Å². The summed E-state index contributed by atoms with van der Waals surface area (Å²) in [6.07, 6.45) is 0. The number of nitrogens with one attached hydrogen (secondary N) is 1. The van der Waals surface area contributed by atoms with Gasteiger partial charge in [0.1, 0.15) is 0 Å². The first kappa shape index (κ1) is 11.2. The van der Waals surface area contributed by atoms with E-state index in [1.807, 2.05) is 0 Å². The van der Waals surface area contributed by atoms with E-state index in [4.69, 9.17) is 5.73 Å². The third-order valence-corrected chi connectivity index (χ3v) is 3.65. The zero-order valence-corrected chi connectivity index (χ0v) is 10.5.